The molecule has 0 radical (unpaired) electrons. The van der Waals surface area contributed by atoms with Gasteiger partial charge >= 0.3 is 0 Å². The van der Waals surface area contributed by atoms with Crippen molar-refractivity contribution in [1.29, 1.82) is 0 Å². The molecule has 0 unspecified atom stereocenters. The van der Waals surface area contributed by atoms with E-state index in [2.05, 4.69) is 48.7 Å². The lowest BCUT2D eigenvalue weighted by atomic mass is 10.1. The molecular weight excluding hydrogens is 298 g/mol. The first-order valence-corrected chi connectivity index (χ1v) is 9.63. The highest BCUT2D eigenvalue weighted by Crippen LogP contribution is 2.04. The number of rotatable bonds is 16. The van der Waals surface area contributed by atoms with Crippen LogP contribution >= 0.6 is 0 Å². The molecule has 0 aromatic heterocycles. The van der Waals surface area contributed by atoms with E-state index in [0.29, 0.717) is 13.0 Å². The fourth-order valence-corrected chi connectivity index (χ4v) is 2.30. The summed E-state index contributed by atoms with van der Waals surface area (Å²) in [4.78, 5) is 11.3. The minimum absolute atomic E-state index is 0.0107. The van der Waals surface area contributed by atoms with Crippen molar-refractivity contribution >= 4 is 5.91 Å². The van der Waals surface area contributed by atoms with Crippen LogP contribution in [0.1, 0.15) is 77.6 Å². The number of amides is 1. The fourth-order valence-electron chi connectivity index (χ4n) is 2.30. The number of carbonyl (C=O) groups excluding carboxylic acids is 1. The van der Waals surface area contributed by atoms with Crippen LogP contribution in [0.3, 0.4) is 0 Å². The Morgan fingerprint density at radius 1 is 0.833 bits per heavy atom. The molecule has 24 heavy (non-hydrogen) atoms. The predicted octanol–water partition coefficient (Wildman–Crippen LogP) is 5.07. The van der Waals surface area contributed by atoms with E-state index >= 15 is 0 Å². The smallest absolute Gasteiger partial charge is 0.220 e. The first kappa shape index (κ1) is 22.6. The molecule has 0 aromatic carbocycles. The first-order valence-electron chi connectivity index (χ1n) is 9.63. The Labute approximate surface area is 148 Å². The Balaban J connectivity index is 3.36. The second-order valence-corrected chi connectivity index (χ2v) is 6.05. The van der Waals surface area contributed by atoms with E-state index in [1.807, 2.05) is 0 Å². The molecule has 138 valence electrons. The van der Waals surface area contributed by atoms with E-state index in [9.17, 15) is 4.79 Å². The van der Waals surface area contributed by atoms with Gasteiger partial charge in [0.25, 0.3) is 0 Å². The van der Waals surface area contributed by atoms with Crippen LogP contribution in [0.2, 0.25) is 0 Å². The molecule has 0 saturated heterocycles. The van der Waals surface area contributed by atoms with Crippen LogP contribution in [0.5, 0.6) is 0 Å². The van der Waals surface area contributed by atoms with Gasteiger partial charge in [0.1, 0.15) is 0 Å². The van der Waals surface area contributed by atoms with Crippen LogP contribution in [0.25, 0.3) is 0 Å². The molecular formula is C21H37NO2. The van der Waals surface area contributed by atoms with Gasteiger partial charge in [0.2, 0.25) is 5.91 Å². The predicted molar refractivity (Wildman–Crippen MR) is 104 cm³/mol. The summed E-state index contributed by atoms with van der Waals surface area (Å²) in [5, 5.41) is 11.3. The van der Waals surface area contributed by atoms with E-state index in [-0.39, 0.29) is 12.5 Å². The maximum Gasteiger partial charge on any atom is 0.220 e. The van der Waals surface area contributed by atoms with Gasteiger partial charge in [-0.1, -0.05) is 62.6 Å². The molecule has 0 rings (SSSR count). The lowest BCUT2D eigenvalue weighted by Gasteiger charge is -2.01. The number of hydrogen-bond donors (Lipinski definition) is 2. The molecule has 0 spiro atoms. The van der Waals surface area contributed by atoms with E-state index in [0.717, 1.165) is 32.1 Å². The minimum atomic E-state index is 0.0107. The third-order valence-corrected chi connectivity index (χ3v) is 3.73. The summed E-state index contributed by atoms with van der Waals surface area (Å²) >= 11 is 0. The molecule has 0 heterocycles. The Hall–Kier alpha value is -1.35. The Kier molecular flexibility index (Phi) is 18.6. The van der Waals surface area contributed by atoms with Crippen LogP contribution in [-0.2, 0) is 4.79 Å². The minimum Gasteiger partial charge on any atom is -0.395 e. The lowest BCUT2D eigenvalue weighted by molar-refractivity contribution is -0.121. The van der Waals surface area contributed by atoms with E-state index in [1.54, 1.807) is 0 Å². The molecule has 3 heteroatoms. The summed E-state index contributed by atoms with van der Waals surface area (Å²) in [6.07, 6.45) is 25.5. The van der Waals surface area contributed by atoms with E-state index in [4.69, 9.17) is 5.11 Å². The average molecular weight is 336 g/mol. The number of unbranched alkanes of at least 4 members (excludes halogenated alkanes) is 6. The SMILES string of the molecule is CCCCCCC=CCC=CCC=CCCCCC(=O)NCCO. The zero-order valence-corrected chi connectivity index (χ0v) is 15.5. The standard InChI is InChI=1S/C21H37NO2/c1-2-3-4-5-6-7-8-9-10-11-12-13-14-15-16-17-18-21(24)22-19-20-23/h7-8,10-11,13-14,23H,2-6,9,12,15-20H2,1H3,(H,22,24). The second-order valence-electron chi connectivity index (χ2n) is 6.05. The van der Waals surface area contributed by atoms with Gasteiger partial charge in [0, 0.05) is 13.0 Å². The van der Waals surface area contributed by atoms with Crippen molar-refractivity contribution in [2.45, 2.75) is 77.6 Å². The molecule has 3 nitrogen and oxygen atoms in total. The average Bonchev–Trinajstić information content (AvgIpc) is 2.59. The largest absolute Gasteiger partial charge is 0.395 e. The van der Waals surface area contributed by atoms with Gasteiger partial charge < -0.3 is 10.4 Å². The number of allylic oxidation sites excluding steroid dienone is 6. The van der Waals surface area contributed by atoms with Gasteiger partial charge in [-0.3, -0.25) is 4.79 Å². The Bertz CT molecular complexity index is 359. The van der Waals surface area contributed by atoms with Crippen LogP contribution in [0.4, 0.5) is 0 Å². The summed E-state index contributed by atoms with van der Waals surface area (Å²) in [6, 6.07) is 0. The van der Waals surface area contributed by atoms with Crippen LogP contribution in [0.15, 0.2) is 36.5 Å². The maximum atomic E-state index is 11.3. The molecule has 2 N–H and O–H groups in total. The summed E-state index contributed by atoms with van der Waals surface area (Å²) < 4.78 is 0. The van der Waals surface area contributed by atoms with Gasteiger partial charge in [-0.25, -0.2) is 0 Å². The Morgan fingerprint density at radius 3 is 2.00 bits per heavy atom. The quantitative estimate of drug-likeness (QED) is 0.305. The first-order chi connectivity index (χ1) is 11.8. The molecule has 0 atom stereocenters. The van der Waals surface area contributed by atoms with Crippen LogP contribution in [0, 0.1) is 0 Å². The summed E-state index contributed by atoms with van der Waals surface area (Å²) in [7, 11) is 0. The van der Waals surface area contributed by atoms with Crippen molar-refractivity contribution in [3.8, 4) is 0 Å². The van der Waals surface area contributed by atoms with Crippen molar-refractivity contribution < 1.29 is 9.90 Å². The van der Waals surface area contributed by atoms with Gasteiger partial charge in [-0.15, -0.1) is 0 Å². The van der Waals surface area contributed by atoms with Crippen molar-refractivity contribution in [1.82, 2.24) is 5.32 Å². The highest BCUT2D eigenvalue weighted by Gasteiger charge is 1.98. The number of carbonyl (C=O) groups is 1. The molecule has 0 aliphatic heterocycles. The monoisotopic (exact) mass is 335 g/mol. The fraction of sp³-hybridized carbons (Fsp3) is 0.667. The number of aliphatic hydroxyl groups excluding tert-OH is 1. The third-order valence-electron chi connectivity index (χ3n) is 3.73. The molecule has 1 amide bonds. The topological polar surface area (TPSA) is 49.3 Å². The van der Waals surface area contributed by atoms with Gasteiger partial charge in [0.15, 0.2) is 0 Å². The third kappa shape index (κ3) is 18.7. The lowest BCUT2D eigenvalue weighted by Crippen LogP contribution is -2.25. The van der Waals surface area contributed by atoms with Crippen molar-refractivity contribution in [2.75, 3.05) is 13.2 Å². The molecule has 0 aliphatic carbocycles. The Morgan fingerprint density at radius 2 is 1.42 bits per heavy atom. The summed E-state index contributed by atoms with van der Waals surface area (Å²) in [5.74, 6) is 0.0365. The number of nitrogens with one attached hydrogen (secondary N) is 1. The van der Waals surface area contributed by atoms with Crippen LogP contribution < -0.4 is 5.32 Å². The summed E-state index contributed by atoms with van der Waals surface area (Å²) in [5.41, 5.74) is 0. The van der Waals surface area contributed by atoms with E-state index in [1.165, 1.54) is 32.1 Å². The van der Waals surface area contributed by atoms with Gasteiger partial charge in [-0.05, 0) is 44.9 Å². The van der Waals surface area contributed by atoms with Gasteiger partial charge in [-0.2, -0.15) is 0 Å². The summed E-state index contributed by atoms with van der Waals surface area (Å²) in [6.45, 7) is 2.62. The van der Waals surface area contributed by atoms with Crippen molar-refractivity contribution in [3.63, 3.8) is 0 Å². The highest BCUT2D eigenvalue weighted by atomic mass is 16.3. The van der Waals surface area contributed by atoms with Crippen molar-refractivity contribution in [2.24, 2.45) is 0 Å². The maximum absolute atomic E-state index is 11.3. The number of hydrogen-bond acceptors (Lipinski definition) is 2. The van der Waals surface area contributed by atoms with Crippen molar-refractivity contribution in [3.05, 3.63) is 36.5 Å². The van der Waals surface area contributed by atoms with Gasteiger partial charge in [0.05, 0.1) is 6.61 Å². The molecule has 0 aliphatic rings. The number of aliphatic hydroxyl groups is 1. The normalized spacial score (nSPS) is 11.9. The van der Waals surface area contributed by atoms with Crippen LogP contribution in [-0.4, -0.2) is 24.2 Å². The molecule has 0 bridgehead atoms. The molecule has 0 saturated carbocycles. The molecule has 0 fully saturated rings. The van der Waals surface area contributed by atoms with E-state index < -0.39 is 0 Å². The second kappa shape index (κ2) is 19.7. The highest BCUT2D eigenvalue weighted by molar-refractivity contribution is 5.75. The molecule has 0 aromatic rings. The zero-order valence-electron chi connectivity index (χ0n) is 15.5. The zero-order chi connectivity index (χ0) is 17.7.